The molecule has 7 heteroatoms. The Morgan fingerprint density at radius 2 is 2.16 bits per heavy atom. The van der Waals surface area contributed by atoms with Crippen LogP contribution in [0.2, 0.25) is 0 Å². The van der Waals surface area contributed by atoms with Gasteiger partial charge in [-0.2, -0.15) is 0 Å². The normalized spacial score (nSPS) is 11.7. The monoisotopic (exact) mass is 266 g/mol. The van der Waals surface area contributed by atoms with Crippen LogP contribution in [0.25, 0.3) is 0 Å². The first-order valence-corrected chi connectivity index (χ1v) is 5.55. The van der Waals surface area contributed by atoms with Crippen LogP contribution in [0.3, 0.4) is 0 Å². The van der Waals surface area contributed by atoms with E-state index >= 15 is 0 Å². The van der Waals surface area contributed by atoms with Crippen LogP contribution in [0.15, 0.2) is 24.3 Å². The van der Waals surface area contributed by atoms with Crippen LogP contribution in [0, 0.1) is 10.1 Å². The molecule has 0 heterocycles. The molecule has 1 aromatic carbocycles. The van der Waals surface area contributed by atoms with Gasteiger partial charge in [-0.3, -0.25) is 19.7 Å². The first-order chi connectivity index (χ1) is 8.90. The maximum Gasteiger partial charge on any atom is 0.323 e. The number of hydrogen-bond acceptors (Lipinski definition) is 6. The predicted octanol–water partition coefficient (Wildman–Crippen LogP) is 0.944. The molecule has 0 aliphatic carbocycles. The number of rotatable bonds is 6. The fraction of sp³-hybridized carbons (Fsp3) is 0.333. The maximum absolute atomic E-state index is 11.4. The number of Topliss-reactive ketones (excluding diaryl/α,β-unsaturated/α-hetero) is 1. The smallest absolute Gasteiger partial charge is 0.323 e. The molecule has 0 aliphatic heterocycles. The Morgan fingerprint density at radius 1 is 1.47 bits per heavy atom. The Kier molecular flexibility index (Phi) is 5.13. The summed E-state index contributed by atoms with van der Waals surface area (Å²) in [7, 11) is 0. The van der Waals surface area contributed by atoms with Crippen molar-refractivity contribution in [3.8, 4) is 0 Å². The maximum atomic E-state index is 11.4. The molecule has 0 aliphatic rings. The lowest BCUT2D eigenvalue weighted by molar-refractivity contribution is -0.384. The highest BCUT2D eigenvalue weighted by Gasteiger charge is 2.17. The molecule has 0 aromatic heterocycles. The number of benzene rings is 1. The van der Waals surface area contributed by atoms with Gasteiger partial charge in [0.2, 0.25) is 0 Å². The van der Waals surface area contributed by atoms with Crippen molar-refractivity contribution in [1.82, 2.24) is 0 Å². The fourth-order valence-electron chi connectivity index (χ4n) is 1.41. The summed E-state index contributed by atoms with van der Waals surface area (Å²) in [4.78, 5) is 32.3. The summed E-state index contributed by atoms with van der Waals surface area (Å²) < 4.78 is 4.89. The van der Waals surface area contributed by atoms with E-state index in [2.05, 4.69) is 0 Å². The van der Waals surface area contributed by atoms with Crippen molar-refractivity contribution in [2.75, 3.05) is 0 Å². The zero-order valence-corrected chi connectivity index (χ0v) is 10.4. The molecule has 0 saturated carbocycles. The lowest BCUT2D eigenvalue weighted by atomic mass is 10.1. The summed E-state index contributed by atoms with van der Waals surface area (Å²) in [5.74, 6) is -0.915. The van der Waals surface area contributed by atoms with Crippen molar-refractivity contribution in [2.45, 2.75) is 26.0 Å². The lowest BCUT2D eigenvalue weighted by Crippen LogP contribution is -2.33. The summed E-state index contributed by atoms with van der Waals surface area (Å²) >= 11 is 0. The molecular formula is C12H14N2O5. The van der Waals surface area contributed by atoms with E-state index in [1.807, 2.05) is 0 Å². The minimum atomic E-state index is -1.00. The first-order valence-electron chi connectivity index (χ1n) is 5.55. The van der Waals surface area contributed by atoms with Crippen LogP contribution >= 0.6 is 0 Å². The molecule has 0 amide bonds. The van der Waals surface area contributed by atoms with Crippen molar-refractivity contribution in [3.05, 3.63) is 39.9 Å². The van der Waals surface area contributed by atoms with Gasteiger partial charge in [0.1, 0.15) is 18.4 Å². The van der Waals surface area contributed by atoms with Gasteiger partial charge in [-0.1, -0.05) is 12.1 Å². The van der Waals surface area contributed by atoms with Crippen molar-refractivity contribution >= 4 is 17.4 Å². The van der Waals surface area contributed by atoms with Gasteiger partial charge in [-0.05, 0) is 12.5 Å². The van der Waals surface area contributed by atoms with Crippen molar-refractivity contribution in [1.29, 1.82) is 0 Å². The Balaban J connectivity index is 2.57. The van der Waals surface area contributed by atoms with Crippen molar-refractivity contribution in [2.24, 2.45) is 5.73 Å². The van der Waals surface area contributed by atoms with Crippen LogP contribution < -0.4 is 5.73 Å². The highest BCUT2D eigenvalue weighted by atomic mass is 16.6. The third-order valence-electron chi connectivity index (χ3n) is 2.31. The summed E-state index contributed by atoms with van der Waals surface area (Å²) in [6, 6.07) is 4.74. The highest BCUT2D eigenvalue weighted by molar-refractivity contribution is 5.84. The van der Waals surface area contributed by atoms with Crippen LogP contribution in [0.4, 0.5) is 5.69 Å². The van der Waals surface area contributed by atoms with Gasteiger partial charge in [0.15, 0.2) is 0 Å². The molecule has 0 radical (unpaired) electrons. The van der Waals surface area contributed by atoms with E-state index in [1.54, 1.807) is 6.07 Å². The number of nitro groups is 1. The highest BCUT2D eigenvalue weighted by Crippen LogP contribution is 2.14. The quantitative estimate of drug-likeness (QED) is 0.466. The lowest BCUT2D eigenvalue weighted by Gasteiger charge is -2.09. The van der Waals surface area contributed by atoms with Crippen molar-refractivity contribution in [3.63, 3.8) is 0 Å². The number of nitro benzene ring substituents is 1. The number of nitrogens with zero attached hydrogens (tertiary/aromatic N) is 1. The van der Waals surface area contributed by atoms with E-state index in [9.17, 15) is 19.7 Å². The minimum Gasteiger partial charge on any atom is -0.460 e. The number of esters is 1. The summed E-state index contributed by atoms with van der Waals surface area (Å²) in [5, 5.41) is 10.6. The van der Waals surface area contributed by atoms with Gasteiger partial charge >= 0.3 is 5.97 Å². The van der Waals surface area contributed by atoms with Crippen LogP contribution in [0.5, 0.6) is 0 Å². The Labute approximate surface area is 109 Å². The molecule has 102 valence electrons. The van der Waals surface area contributed by atoms with Crippen LogP contribution in [0.1, 0.15) is 18.9 Å². The van der Waals surface area contributed by atoms with E-state index in [0.29, 0.717) is 5.56 Å². The van der Waals surface area contributed by atoms with Gasteiger partial charge in [0, 0.05) is 18.6 Å². The van der Waals surface area contributed by atoms with E-state index in [1.165, 1.54) is 25.1 Å². The largest absolute Gasteiger partial charge is 0.460 e. The molecular weight excluding hydrogens is 252 g/mol. The van der Waals surface area contributed by atoms with E-state index in [4.69, 9.17) is 10.5 Å². The molecule has 1 unspecified atom stereocenters. The molecule has 1 aromatic rings. The van der Waals surface area contributed by atoms with E-state index < -0.39 is 16.9 Å². The molecule has 7 nitrogen and oxygen atoms in total. The molecule has 0 saturated heterocycles. The second-order valence-corrected chi connectivity index (χ2v) is 4.05. The van der Waals surface area contributed by atoms with E-state index in [-0.39, 0.29) is 24.5 Å². The zero-order chi connectivity index (χ0) is 14.4. The van der Waals surface area contributed by atoms with Gasteiger partial charge in [0.25, 0.3) is 5.69 Å². The minimum absolute atomic E-state index is 0.0819. The Bertz CT molecular complexity index is 501. The number of carbonyl (C=O) groups excluding carboxylic acids is 2. The molecule has 1 rings (SSSR count). The number of non-ortho nitro benzene ring substituents is 1. The number of nitrogens with two attached hydrogens (primary N) is 1. The van der Waals surface area contributed by atoms with Gasteiger partial charge < -0.3 is 10.5 Å². The fourth-order valence-corrected chi connectivity index (χ4v) is 1.41. The van der Waals surface area contributed by atoms with Crippen LogP contribution in [-0.2, 0) is 20.9 Å². The Morgan fingerprint density at radius 3 is 2.74 bits per heavy atom. The standard InChI is InChI=1S/C12H14N2O5/c1-8(15)5-11(13)12(16)19-7-9-3-2-4-10(6-9)14(17)18/h2-4,6,11H,5,7,13H2,1H3. The predicted molar refractivity (Wildman–Crippen MR) is 66.2 cm³/mol. The van der Waals surface area contributed by atoms with E-state index in [0.717, 1.165) is 0 Å². The summed E-state index contributed by atoms with van der Waals surface area (Å²) in [6.45, 7) is 1.21. The van der Waals surface area contributed by atoms with Crippen molar-refractivity contribution < 1.29 is 19.2 Å². The second kappa shape index (κ2) is 6.60. The number of hydrogen-bond donors (Lipinski definition) is 1. The number of ketones is 1. The molecule has 0 bridgehead atoms. The summed E-state index contributed by atoms with van der Waals surface area (Å²) in [6.07, 6.45) is -0.0895. The molecule has 1 atom stereocenters. The summed E-state index contributed by atoms with van der Waals surface area (Å²) in [5.41, 5.74) is 5.86. The molecule has 0 spiro atoms. The van der Waals surface area contributed by atoms with Gasteiger partial charge in [-0.25, -0.2) is 0 Å². The van der Waals surface area contributed by atoms with Crippen LogP contribution in [-0.4, -0.2) is 22.7 Å². The topological polar surface area (TPSA) is 113 Å². The average molecular weight is 266 g/mol. The third kappa shape index (κ3) is 4.84. The molecule has 2 N–H and O–H groups in total. The Hall–Kier alpha value is -2.28. The number of carbonyl (C=O) groups is 2. The SMILES string of the molecule is CC(=O)CC(N)C(=O)OCc1cccc([N+](=O)[O-])c1. The van der Waals surface area contributed by atoms with Gasteiger partial charge in [-0.15, -0.1) is 0 Å². The molecule has 19 heavy (non-hydrogen) atoms. The second-order valence-electron chi connectivity index (χ2n) is 4.05. The number of ether oxygens (including phenoxy) is 1. The zero-order valence-electron chi connectivity index (χ0n) is 10.4. The molecule has 0 fully saturated rings. The average Bonchev–Trinajstić information content (AvgIpc) is 2.35. The third-order valence-corrected chi connectivity index (χ3v) is 2.31. The first kappa shape index (κ1) is 14.8. The van der Waals surface area contributed by atoms with Gasteiger partial charge in [0.05, 0.1) is 4.92 Å².